The quantitative estimate of drug-likeness (QED) is 0.549. The largest absolute Gasteiger partial charge is 0.462 e. The molecular weight excluding hydrogens is 226 g/mol. The molecule has 1 aromatic carbocycles. The standard InChI is InChI=1S/C15H23NO2/c1-4-18-15(17)14-10-7-9-13(12-14)8-5-6-11-16(2)3/h7,9-10,12H,4-6,8,11H2,1-3H3. The first kappa shape index (κ1) is 14.7. The Morgan fingerprint density at radius 3 is 2.72 bits per heavy atom. The highest BCUT2D eigenvalue weighted by atomic mass is 16.5. The number of aryl methyl sites for hydroxylation is 1. The van der Waals surface area contributed by atoms with Crippen LogP contribution in [0.5, 0.6) is 0 Å². The van der Waals surface area contributed by atoms with Crippen molar-refractivity contribution in [2.45, 2.75) is 26.2 Å². The zero-order valence-corrected chi connectivity index (χ0v) is 11.6. The zero-order chi connectivity index (χ0) is 13.4. The van der Waals surface area contributed by atoms with Gasteiger partial charge in [-0.25, -0.2) is 4.79 Å². The fourth-order valence-corrected chi connectivity index (χ4v) is 1.83. The average molecular weight is 249 g/mol. The number of carbonyl (C=O) groups excluding carboxylic acids is 1. The third kappa shape index (κ3) is 5.32. The van der Waals surface area contributed by atoms with Gasteiger partial charge in [-0.3, -0.25) is 0 Å². The summed E-state index contributed by atoms with van der Waals surface area (Å²) in [6, 6.07) is 7.74. The molecule has 0 radical (unpaired) electrons. The average Bonchev–Trinajstić information content (AvgIpc) is 2.35. The molecule has 0 fully saturated rings. The van der Waals surface area contributed by atoms with Crippen LogP contribution in [0.3, 0.4) is 0 Å². The van der Waals surface area contributed by atoms with Gasteiger partial charge in [0.2, 0.25) is 0 Å². The molecule has 0 saturated heterocycles. The predicted octanol–water partition coefficient (Wildman–Crippen LogP) is 2.75. The van der Waals surface area contributed by atoms with Crippen LogP contribution in [0, 0.1) is 0 Å². The lowest BCUT2D eigenvalue weighted by Gasteiger charge is -2.09. The molecule has 0 aliphatic heterocycles. The lowest BCUT2D eigenvalue weighted by molar-refractivity contribution is 0.0526. The molecule has 1 aromatic rings. The highest BCUT2D eigenvalue weighted by Gasteiger charge is 2.06. The molecule has 0 aromatic heterocycles. The fourth-order valence-electron chi connectivity index (χ4n) is 1.83. The maximum absolute atomic E-state index is 11.6. The van der Waals surface area contributed by atoms with E-state index in [1.807, 2.05) is 19.1 Å². The van der Waals surface area contributed by atoms with Crippen LogP contribution in [0.15, 0.2) is 24.3 Å². The molecule has 0 heterocycles. The summed E-state index contributed by atoms with van der Waals surface area (Å²) in [5, 5.41) is 0. The Bertz CT molecular complexity index is 375. The summed E-state index contributed by atoms with van der Waals surface area (Å²) in [6.45, 7) is 3.35. The maximum Gasteiger partial charge on any atom is 0.338 e. The summed E-state index contributed by atoms with van der Waals surface area (Å²) < 4.78 is 4.99. The maximum atomic E-state index is 11.6. The van der Waals surface area contributed by atoms with Crippen LogP contribution in [0.4, 0.5) is 0 Å². The fraction of sp³-hybridized carbons (Fsp3) is 0.533. The van der Waals surface area contributed by atoms with Crippen LogP contribution in [0.1, 0.15) is 35.7 Å². The Morgan fingerprint density at radius 1 is 1.28 bits per heavy atom. The van der Waals surface area contributed by atoms with Crippen molar-refractivity contribution in [1.82, 2.24) is 4.90 Å². The number of nitrogens with zero attached hydrogens (tertiary/aromatic N) is 1. The van der Waals surface area contributed by atoms with Gasteiger partial charge in [-0.2, -0.15) is 0 Å². The van der Waals surface area contributed by atoms with E-state index in [1.165, 1.54) is 12.0 Å². The summed E-state index contributed by atoms with van der Waals surface area (Å²) in [5.74, 6) is -0.229. The number of benzene rings is 1. The van der Waals surface area contributed by atoms with E-state index in [9.17, 15) is 4.79 Å². The zero-order valence-electron chi connectivity index (χ0n) is 11.6. The minimum Gasteiger partial charge on any atom is -0.462 e. The molecule has 0 saturated carbocycles. The highest BCUT2D eigenvalue weighted by Crippen LogP contribution is 2.10. The molecule has 0 bridgehead atoms. The molecule has 3 nitrogen and oxygen atoms in total. The third-order valence-electron chi connectivity index (χ3n) is 2.76. The van der Waals surface area contributed by atoms with Crippen LogP contribution in [-0.2, 0) is 11.2 Å². The first-order valence-corrected chi connectivity index (χ1v) is 6.54. The van der Waals surface area contributed by atoms with Gasteiger partial charge in [-0.1, -0.05) is 12.1 Å². The molecular formula is C15H23NO2. The highest BCUT2D eigenvalue weighted by molar-refractivity contribution is 5.89. The van der Waals surface area contributed by atoms with E-state index in [0.29, 0.717) is 12.2 Å². The van der Waals surface area contributed by atoms with E-state index in [2.05, 4.69) is 25.1 Å². The topological polar surface area (TPSA) is 29.5 Å². The summed E-state index contributed by atoms with van der Waals surface area (Å²) in [4.78, 5) is 13.8. The Hall–Kier alpha value is -1.35. The van der Waals surface area contributed by atoms with Gasteiger partial charge in [0.05, 0.1) is 12.2 Å². The second kappa shape index (κ2) is 7.88. The van der Waals surface area contributed by atoms with Crippen molar-refractivity contribution in [1.29, 1.82) is 0 Å². The van der Waals surface area contributed by atoms with Crippen molar-refractivity contribution >= 4 is 5.97 Å². The summed E-state index contributed by atoms with van der Waals surface area (Å²) in [5.41, 5.74) is 1.86. The minimum absolute atomic E-state index is 0.229. The minimum atomic E-state index is -0.229. The van der Waals surface area contributed by atoms with Crippen molar-refractivity contribution < 1.29 is 9.53 Å². The van der Waals surface area contributed by atoms with Gasteiger partial charge in [0.1, 0.15) is 0 Å². The molecule has 18 heavy (non-hydrogen) atoms. The second-order valence-electron chi connectivity index (χ2n) is 4.68. The number of esters is 1. The molecule has 0 unspecified atom stereocenters. The second-order valence-corrected chi connectivity index (χ2v) is 4.68. The van der Waals surface area contributed by atoms with E-state index in [4.69, 9.17) is 4.74 Å². The van der Waals surface area contributed by atoms with Crippen LogP contribution in [-0.4, -0.2) is 38.1 Å². The molecule has 0 atom stereocenters. The Kier molecular flexibility index (Phi) is 6.44. The first-order chi connectivity index (χ1) is 8.63. The molecule has 0 amide bonds. The monoisotopic (exact) mass is 249 g/mol. The summed E-state index contributed by atoms with van der Waals surface area (Å²) >= 11 is 0. The number of unbranched alkanes of at least 4 members (excludes halogenated alkanes) is 1. The van der Waals surface area contributed by atoms with E-state index in [1.54, 1.807) is 6.07 Å². The van der Waals surface area contributed by atoms with Gasteiger partial charge in [0, 0.05) is 0 Å². The molecule has 3 heteroatoms. The third-order valence-corrected chi connectivity index (χ3v) is 2.76. The van der Waals surface area contributed by atoms with Gasteiger partial charge in [-0.05, 0) is 64.5 Å². The number of ether oxygens (including phenoxy) is 1. The SMILES string of the molecule is CCOC(=O)c1cccc(CCCCN(C)C)c1. The lowest BCUT2D eigenvalue weighted by atomic mass is 10.1. The molecule has 100 valence electrons. The normalized spacial score (nSPS) is 10.7. The number of hydrogen-bond donors (Lipinski definition) is 0. The van der Waals surface area contributed by atoms with Gasteiger partial charge in [0.15, 0.2) is 0 Å². The van der Waals surface area contributed by atoms with E-state index in [0.717, 1.165) is 19.4 Å². The predicted molar refractivity (Wildman–Crippen MR) is 73.9 cm³/mol. The first-order valence-electron chi connectivity index (χ1n) is 6.54. The van der Waals surface area contributed by atoms with E-state index < -0.39 is 0 Å². The number of rotatable bonds is 7. The number of hydrogen-bond acceptors (Lipinski definition) is 3. The lowest BCUT2D eigenvalue weighted by Crippen LogP contribution is -2.12. The Morgan fingerprint density at radius 2 is 2.06 bits per heavy atom. The molecule has 0 N–H and O–H groups in total. The van der Waals surface area contributed by atoms with Crippen molar-refractivity contribution in [3.05, 3.63) is 35.4 Å². The van der Waals surface area contributed by atoms with Crippen molar-refractivity contribution in [2.24, 2.45) is 0 Å². The van der Waals surface area contributed by atoms with Gasteiger partial charge in [-0.15, -0.1) is 0 Å². The van der Waals surface area contributed by atoms with Crippen LogP contribution < -0.4 is 0 Å². The molecule has 0 aliphatic carbocycles. The van der Waals surface area contributed by atoms with E-state index >= 15 is 0 Å². The van der Waals surface area contributed by atoms with Gasteiger partial charge < -0.3 is 9.64 Å². The Balaban J connectivity index is 2.46. The van der Waals surface area contributed by atoms with Crippen LogP contribution >= 0.6 is 0 Å². The van der Waals surface area contributed by atoms with Crippen molar-refractivity contribution in [3.63, 3.8) is 0 Å². The summed E-state index contributed by atoms with van der Waals surface area (Å²) in [6.07, 6.45) is 3.34. The molecule has 0 spiro atoms. The van der Waals surface area contributed by atoms with Gasteiger partial charge >= 0.3 is 5.97 Å². The van der Waals surface area contributed by atoms with Crippen molar-refractivity contribution in [2.75, 3.05) is 27.2 Å². The van der Waals surface area contributed by atoms with Crippen LogP contribution in [0.25, 0.3) is 0 Å². The molecule has 0 aliphatic rings. The molecule has 1 rings (SSSR count). The van der Waals surface area contributed by atoms with Gasteiger partial charge in [0.25, 0.3) is 0 Å². The number of carbonyl (C=O) groups is 1. The smallest absolute Gasteiger partial charge is 0.338 e. The summed E-state index contributed by atoms with van der Waals surface area (Å²) in [7, 11) is 4.17. The Labute approximate surface area is 110 Å². The van der Waals surface area contributed by atoms with Crippen LogP contribution in [0.2, 0.25) is 0 Å². The van der Waals surface area contributed by atoms with Crippen molar-refractivity contribution in [3.8, 4) is 0 Å². The van der Waals surface area contributed by atoms with E-state index in [-0.39, 0.29) is 5.97 Å².